The second-order valence-electron chi connectivity index (χ2n) is 4.45. The Labute approximate surface area is 99.4 Å². The Hall–Kier alpha value is -1.97. The first kappa shape index (κ1) is 10.2. The number of carbonyl (C=O) groups is 1. The van der Waals surface area contributed by atoms with Gasteiger partial charge in [0, 0.05) is 36.1 Å². The van der Waals surface area contributed by atoms with Crippen LogP contribution in [0.5, 0.6) is 0 Å². The first-order chi connectivity index (χ1) is 8.25. The summed E-state index contributed by atoms with van der Waals surface area (Å²) in [5.74, 6) is 0. The summed E-state index contributed by atoms with van der Waals surface area (Å²) in [7, 11) is 0. The third-order valence-electron chi connectivity index (χ3n) is 3.48. The summed E-state index contributed by atoms with van der Waals surface area (Å²) < 4.78 is 0. The van der Waals surface area contributed by atoms with Crippen molar-refractivity contribution in [2.45, 2.75) is 12.8 Å². The van der Waals surface area contributed by atoms with Crippen molar-refractivity contribution in [3.8, 4) is 0 Å². The lowest BCUT2D eigenvalue weighted by Crippen LogP contribution is -2.37. The van der Waals surface area contributed by atoms with Crippen molar-refractivity contribution in [2.75, 3.05) is 13.1 Å². The van der Waals surface area contributed by atoms with Crippen LogP contribution in [0.1, 0.15) is 11.3 Å². The van der Waals surface area contributed by atoms with E-state index in [0.29, 0.717) is 13.1 Å². The van der Waals surface area contributed by atoms with Gasteiger partial charge in [-0.05, 0) is 18.1 Å². The molecule has 88 valence electrons. The number of aromatic nitrogens is 1. The number of hydrogen-bond donors (Lipinski definition) is 2. The average molecular weight is 229 g/mol. The Morgan fingerprint density at radius 2 is 2.00 bits per heavy atom. The summed E-state index contributed by atoms with van der Waals surface area (Å²) in [6, 6.07) is 7.99. The lowest BCUT2D eigenvalue weighted by Gasteiger charge is -2.16. The largest absolute Gasteiger partial charge is 0.358 e. The third-order valence-corrected chi connectivity index (χ3v) is 3.48. The van der Waals surface area contributed by atoms with E-state index in [2.05, 4.69) is 17.1 Å². The normalized spacial score (nSPS) is 15.6. The maximum Gasteiger partial charge on any atom is 0.314 e. The zero-order valence-electron chi connectivity index (χ0n) is 9.57. The van der Waals surface area contributed by atoms with Gasteiger partial charge in [0.05, 0.1) is 0 Å². The molecule has 0 saturated heterocycles. The Bertz CT molecular complexity index is 573. The predicted molar refractivity (Wildman–Crippen MR) is 66.9 cm³/mol. The van der Waals surface area contributed by atoms with Gasteiger partial charge in [0.1, 0.15) is 0 Å². The minimum absolute atomic E-state index is 0.320. The number of rotatable bonds is 0. The van der Waals surface area contributed by atoms with Gasteiger partial charge in [-0.1, -0.05) is 18.2 Å². The van der Waals surface area contributed by atoms with Gasteiger partial charge in [0.25, 0.3) is 0 Å². The Balaban J connectivity index is 2.01. The van der Waals surface area contributed by atoms with Gasteiger partial charge in [-0.15, -0.1) is 0 Å². The summed E-state index contributed by atoms with van der Waals surface area (Å²) in [6.07, 6.45) is 1.73. The van der Waals surface area contributed by atoms with E-state index in [4.69, 9.17) is 5.73 Å². The topological polar surface area (TPSA) is 62.1 Å². The van der Waals surface area contributed by atoms with Crippen LogP contribution in [-0.4, -0.2) is 29.0 Å². The van der Waals surface area contributed by atoms with Gasteiger partial charge >= 0.3 is 6.03 Å². The van der Waals surface area contributed by atoms with Gasteiger partial charge in [0.2, 0.25) is 0 Å². The number of nitrogens with zero attached hydrogens (tertiary/aromatic N) is 1. The highest BCUT2D eigenvalue weighted by molar-refractivity contribution is 5.85. The number of primary amides is 1. The molecule has 2 aromatic rings. The molecular weight excluding hydrogens is 214 g/mol. The maximum atomic E-state index is 11.2. The molecule has 3 N–H and O–H groups in total. The Morgan fingerprint density at radius 1 is 1.24 bits per heavy atom. The second-order valence-corrected chi connectivity index (χ2v) is 4.45. The molecule has 0 aliphatic carbocycles. The summed E-state index contributed by atoms with van der Waals surface area (Å²) >= 11 is 0. The maximum absolute atomic E-state index is 11.2. The molecule has 0 atom stereocenters. The number of para-hydroxylation sites is 1. The minimum Gasteiger partial charge on any atom is -0.358 e. The van der Waals surface area contributed by atoms with Crippen molar-refractivity contribution in [3.63, 3.8) is 0 Å². The van der Waals surface area contributed by atoms with Crippen molar-refractivity contribution in [2.24, 2.45) is 5.73 Å². The molecule has 1 aliphatic heterocycles. The number of benzene rings is 1. The molecule has 0 spiro atoms. The fourth-order valence-electron chi connectivity index (χ4n) is 2.58. The van der Waals surface area contributed by atoms with Crippen molar-refractivity contribution in [1.29, 1.82) is 0 Å². The van der Waals surface area contributed by atoms with E-state index in [-0.39, 0.29) is 6.03 Å². The number of fused-ring (bicyclic) bond motifs is 3. The number of amides is 2. The molecule has 0 radical (unpaired) electrons. The van der Waals surface area contributed by atoms with E-state index in [0.717, 1.165) is 12.8 Å². The highest BCUT2D eigenvalue weighted by atomic mass is 16.2. The molecule has 2 amide bonds. The van der Waals surface area contributed by atoms with Crippen LogP contribution in [0.2, 0.25) is 0 Å². The van der Waals surface area contributed by atoms with Crippen LogP contribution < -0.4 is 5.73 Å². The summed E-state index contributed by atoms with van der Waals surface area (Å²) in [5.41, 5.74) is 9.10. The molecule has 0 unspecified atom stereocenters. The zero-order chi connectivity index (χ0) is 11.8. The lowest BCUT2D eigenvalue weighted by atomic mass is 10.1. The summed E-state index contributed by atoms with van der Waals surface area (Å²) in [5, 5.41) is 1.27. The molecule has 17 heavy (non-hydrogen) atoms. The number of nitrogens with two attached hydrogens (primary N) is 1. The molecule has 0 fully saturated rings. The molecule has 0 bridgehead atoms. The van der Waals surface area contributed by atoms with E-state index in [1.807, 2.05) is 12.1 Å². The van der Waals surface area contributed by atoms with Crippen LogP contribution in [-0.2, 0) is 12.8 Å². The van der Waals surface area contributed by atoms with Crippen LogP contribution >= 0.6 is 0 Å². The highest BCUT2D eigenvalue weighted by Crippen LogP contribution is 2.25. The molecule has 0 saturated carbocycles. The highest BCUT2D eigenvalue weighted by Gasteiger charge is 2.19. The smallest absolute Gasteiger partial charge is 0.314 e. The Kier molecular flexibility index (Phi) is 2.28. The van der Waals surface area contributed by atoms with Crippen molar-refractivity contribution in [3.05, 3.63) is 35.5 Å². The van der Waals surface area contributed by atoms with Gasteiger partial charge in [-0.25, -0.2) is 4.79 Å². The fourth-order valence-corrected chi connectivity index (χ4v) is 2.58. The van der Waals surface area contributed by atoms with Crippen LogP contribution in [0.4, 0.5) is 4.79 Å². The van der Waals surface area contributed by atoms with E-state index >= 15 is 0 Å². The molecule has 4 heteroatoms. The standard InChI is InChI=1S/C13H15N3O/c14-13(17)16-7-5-10-9-3-1-2-4-11(9)15-12(10)6-8-16/h1-4,15H,5-8H2,(H2,14,17). The zero-order valence-corrected chi connectivity index (χ0v) is 9.57. The molecule has 1 aliphatic rings. The fraction of sp³-hybridized carbons (Fsp3) is 0.308. The molecule has 3 rings (SSSR count). The van der Waals surface area contributed by atoms with Crippen LogP contribution in [0, 0.1) is 0 Å². The van der Waals surface area contributed by atoms with Crippen molar-refractivity contribution < 1.29 is 4.79 Å². The second kappa shape index (κ2) is 3.80. The minimum atomic E-state index is -0.320. The van der Waals surface area contributed by atoms with E-state index < -0.39 is 0 Å². The monoisotopic (exact) mass is 229 g/mol. The number of H-pyrrole nitrogens is 1. The molecular formula is C13H15N3O. The predicted octanol–water partition coefficient (Wildman–Crippen LogP) is 1.65. The van der Waals surface area contributed by atoms with Crippen LogP contribution in [0.25, 0.3) is 10.9 Å². The molecule has 1 aromatic carbocycles. The SMILES string of the molecule is NC(=O)N1CCc2[nH]c3ccccc3c2CC1. The number of carbonyl (C=O) groups excluding carboxylic acids is 1. The molecule has 1 aromatic heterocycles. The third kappa shape index (κ3) is 1.65. The van der Waals surface area contributed by atoms with Crippen LogP contribution in [0.15, 0.2) is 24.3 Å². The number of hydrogen-bond acceptors (Lipinski definition) is 1. The summed E-state index contributed by atoms with van der Waals surface area (Å²) in [4.78, 5) is 16.3. The summed E-state index contributed by atoms with van der Waals surface area (Å²) in [6.45, 7) is 1.42. The number of nitrogens with one attached hydrogen (secondary N) is 1. The van der Waals surface area contributed by atoms with Crippen molar-refractivity contribution >= 4 is 16.9 Å². The van der Waals surface area contributed by atoms with E-state index in [1.165, 1.54) is 22.2 Å². The molecule has 4 nitrogen and oxygen atoms in total. The molecule has 2 heterocycles. The van der Waals surface area contributed by atoms with E-state index in [9.17, 15) is 4.79 Å². The lowest BCUT2D eigenvalue weighted by molar-refractivity contribution is 0.210. The quantitative estimate of drug-likeness (QED) is 0.709. The van der Waals surface area contributed by atoms with Gasteiger partial charge in [-0.3, -0.25) is 0 Å². The Morgan fingerprint density at radius 3 is 2.82 bits per heavy atom. The number of urea groups is 1. The average Bonchev–Trinajstić information content (AvgIpc) is 2.53. The van der Waals surface area contributed by atoms with Crippen molar-refractivity contribution in [1.82, 2.24) is 9.88 Å². The van der Waals surface area contributed by atoms with E-state index in [1.54, 1.807) is 4.90 Å². The van der Waals surface area contributed by atoms with Crippen LogP contribution in [0.3, 0.4) is 0 Å². The number of aromatic amines is 1. The van der Waals surface area contributed by atoms with Gasteiger partial charge in [0.15, 0.2) is 0 Å². The van der Waals surface area contributed by atoms with Gasteiger partial charge < -0.3 is 15.6 Å². The van der Waals surface area contributed by atoms with Gasteiger partial charge in [-0.2, -0.15) is 0 Å². The first-order valence-corrected chi connectivity index (χ1v) is 5.88. The first-order valence-electron chi connectivity index (χ1n) is 5.88.